The fourth-order valence-electron chi connectivity index (χ4n) is 1.70. The minimum atomic E-state index is -0.512. The Labute approximate surface area is 99.9 Å². The maximum Gasteiger partial charge on any atom is 0.326 e. The van der Waals surface area contributed by atoms with Crippen LogP contribution in [0.5, 0.6) is 0 Å². The summed E-state index contributed by atoms with van der Waals surface area (Å²) in [5, 5.41) is 3.08. The van der Waals surface area contributed by atoms with Gasteiger partial charge in [0.2, 0.25) is 0 Å². The first kappa shape index (κ1) is 15.4. The maximum atomic E-state index is 11.7. The number of hydrogen-bond acceptors (Lipinski definition) is 3. The minimum Gasteiger partial charge on any atom is -0.465 e. The van der Waals surface area contributed by atoms with Crippen LogP contribution in [0.1, 0.15) is 59.3 Å². The average Bonchev–Trinajstić information content (AvgIpc) is 2.28. The van der Waals surface area contributed by atoms with Crippen LogP contribution >= 0.6 is 0 Å². The molecule has 0 radical (unpaired) electrons. The predicted octanol–water partition coefficient (Wildman–Crippen LogP) is 2.89. The summed E-state index contributed by atoms with van der Waals surface area (Å²) >= 11 is 0. The minimum absolute atomic E-state index is 0.131. The highest BCUT2D eigenvalue weighted by Gasteiger charge is 2.31. The van der Waals surface area contributed by atoms with Crippen LogP contribution < -0.4 is 5.32 Å². The zero-order valence-corrected chi connectivity index (χ0v) is 11.3. The lowest BCUT2D eigenvalue weighted by Gasteiger charge is -2.26. The lowest BCUT2D eigenvalue weighted by Crippen LogP contribution is -2.48. The Morgan fingerprint density at radius 2 is 1.81 bits per heavy atom. The third-order valence-corrected chi connectivity index (χ3v) is 3.06. The number of unbranched alkanes of at least 4 members (excludes halogenated alkanes) is 4. The summed E-state index contributed by atoms with van der Waals surface area (Å²) in [6.45, 7) is 6.42. The van der Waals surface area contributed by atoms with Crippen LogP contribution in [0.4, 0.5) is 0 Å². The van der Waals surface area contributed by atoms with E-state index >= 15 is 0 Å². The first-order valence-corrected chi connectivity index (χ1v) is 6.46. The van der Waals surface area contributed by atoms with Crippen molar-refractivity contribution in [1.29, 1.82) is 0 Å². The standard InChI is InChI=1S/C13H27NO2/c1-5-7-8-9-10-11-13(3,14-4)12(15)16-6-2/h14H,5-11H2,1-4H3. The van der Waals surface area contributed by atoms with Gasteiger partial charge in [0.25, 0.3) is 0 Å². The quantitative estimate of drug-likeness (QED) is 0.488. The van der Waals surface area contributed by atoms with Gasteiger partial charge in [-0.2, -0.15) is 0 Å². The van der Waals surface area contributed by atoms with E-state index in [2.05, 4.69) is 12.2 Å². The van der Waals surface area contributed by atoms with Gasteiger partial charge in [-0.15, -0.1) is 0 Å². The first-order chi connectivity index (χ1) is 7.60. The highest BCUT2D eigenvalue weighted by Crippen LogP contribution is 2.17. The molecule has 0 rings (SSSR count). The smallest absolute Gasteiger partial charge is 0.326 e. The molecule has 3 heteroatoms. The molecule has 0 saturated heterocycles. The Morgan fingerprint density at radius 3 is 2.31 bits per heavy atom. The summed E-state index contributed by atoms with van der Waals surface area (Å²) in [5.74, 6) is -0.131. The lowest BCUT2D eigenvalue weighted by atomic mass is 9.94. The molecule has 0 spiro atoms. The second-order valence-corrected chi connectivity index (χ2v) is 4.47. The van der Waals surface area contributed by atoms with Crippen LogP contribution in [-0.2, 0) is 9.53 Å². The third kappa shape index (κ3) is 5.50. The van der Waals surface area contributed by atoms with Gasteiger partial charge in [0.05, 0.1) is 6.61 Å². The number of likely N-dealkylation sites (N-methyl/N-ethyl adjacent to an activating group) is 1. The van der Waals surface area contributed by atoms with Crippen LogP contribution in [0.25, 0.3) is 0 Å². The predicted molar refractivity (Wildman–Crippen MR) is 67.5 cm³/mol. The second-order valence-electron chi connectivity index (χ2n) is 4.47. The molecule has 16 heavy (non-hydrogen) atoms. The number of hydrogen-bond donors (Lipinski definition) is 1. The van der Waals surface area contributed by atoms with Crippen molar-refractivity contribution in [1.82, 2.24) is 5.32 Å². The number of carbonyl (C=O) groups is 1. The number of nitrogens with one attached hydrogen (secondary N) is 1. The molecular formula is C13H27NO2. The van der Waals surface area contributed by atoms with Gasteiger partial charge >= 0.3 is 5.97 Å². The number of carbonyl (C=O) groups excluding carboxylic acids is 1. The third-order valence-electron chi connectivity index (χ3n) is 3.06. The molecule has 0 fully saturated rings. The van der Waals surface area contributed by atoms with E-state index in [-0.39, 0.29) is 5.97 Å². The van der Waals surface area contributed by atoms with E-state index in [9.17, 15) is 4.79 Å². The van der Waals surface area contributed by atoms with Gasteiger partial charge in [-0.1, -0.05) is 39.0 Å². The van der Waals surface area contributed by atoms with E-state index in [0.29, 0.717) is 6.61 Å². The highest BCUT2D eigenvalue weighted by atomic mass is 16.5. The van der Waals surface area contributed by atoms with Gasteiger partial charge in [0.1, 0.15) is 5.54 Å². The van der Waals surface area contributed by atoms with Crippen molar-refractivity contribution in [3.63, 3.8) is 0 Å². The van der Waals surface area contributed by atoms with Gasteiger partial charge in [-0.05, 0) is 27.3 Å². The molecule has 0 aromatic carbocycles. The summed E-state index contributed by atoms with van der Waals surface area (Å²) < 4.78 is 5.07. The van der Waals surface area contributed by atoms with Crippen LogP contribution in [0.15, 0.2) is 0 Å². The van der Waals surface area contributed by atoms with Crippen LogP contribution in [0, 0.1) is 0 Å². The van der Waals surface area contributed by atoms with Crippen molar-refractivity contribution < 1.29 is 9.53 Å². The van der Waals surface area contributed by atoms with E-state index in [1.807, 2.05) is 20.9 Å². The van der Waals surface area contributed by atoms with Crippen molar-refractivity contribution in [2.24, 2.45) is 0 Å². The van der Waals surface area contributed by atoms with Crippen molar-refractivity contribution in [2.75, 3.05) is 13.7 Å². The zero-order valence-electron chi connectivity index (χ0n) is 11.3. The van der Waals surface area contributed by atoms with Gasteiger partial charge in [-0.3, -0.25) is 4.79 Å². The molecule has 0 aliphatic rings. The van der Waals surface area contributed by atoms with Crippen LogP contribution in [0.2, 0.25) is 0 Å². The Kier molecular flexibility index (Phi) is 8.26. The Hall–Kier alpha value is -0.570. The summed E-state index contributed by atoms with van der Waals surface area (Å²) in [7, 11) is 1.82. The van der Waals surface area contributed by atoms with E-state index in [1.54, 1.807) is 0 Å². The van der Waals surface area contributed by atoms with Gasteiger partial charge in [0.15, 0.2) is 0 Å². The topological polar surface area (TPSA) is 38.3 Å². The largest absolute Gasteiger partial charge is 0.465 e. The molecule has 0 aliphatic heterocycles. The van der Waals surface area contributed by atoms with Crippen molar-refractivity contribution in [3.8, 4) is 0 Å². The molecule has 0 aliphatic carbocycles. The molecule has 0 amide bonds. The van der Waals surface area contributed by atoms with Gasteiger partial charge < -0.3 is 10.1 Å². The Balaban J connectivity index is 3.92. The fraction of sp³-hybridized carbons (Fsp3) is 0.923. The first-order valence-electron chi connectivity index (χ1n) is 6.46. The molecule has 0 aromatic heterocycles. The van der Waals surface area contributed by atoms with Crippen LogP contribution in [0.3, 0.4) is 0 Å². The average molecular weight is 229 g/mol. The van der Waals surface area contributed by atoms with E-state index < -0.39 is 5.54 Å². The molecule has 1 unspecified atom stereocenters. The maximum absolute atomic E-state index is 11.7. The highest BCUT2D eigenvalue weighted by molar-refractivity contribution is 5.80. The van der Waals surface area contributed by atoms with Crippen molar-refractivity contribution in [2.45, 2.75) is 64.8 Å². The molecule has 0 heterocycles. The van der Waals surface area contributed by atoms with Crippen molar-refractivity contribution in [3.05, 3.63) is 0 Å². The monoisotopic (exact) mass is 229 g/mol. The summed E-state index contributed by atoms with van der Waals surface area (Å²) in [5.41, 5.74) is -0.512. The van der Waals surface area contributed by atoms with E-state index in [0.717, 1.165) is 12.8 Å². The molecule has 96 valence electrons. The molecule has 1 atom stereocenters. The molecule has 0 aromatic rings. The Morgan fingerprint density at radius 1 is 1.19 bits per heavy atom. The fourth-order valence-corrected chi connectivity index (χ4v) is 1.70. The molecular weight excluding hydrogens is 202 g/mol. The summed E-state index contributed by atoms with van der Waals surface area (Å²) in [6, 6.07) is 0. The van der Waals surface area contributed by atoms with Crippen molar-refractivity contribution >= 4 is 5.97 Å². The molecule has 1 N–H and O–H groups in total. The molecule has 0 saturated carbocycles. The summed E-state index contributed by atoms with van der Waals surface area (Å²) in [4.78, 5) is 11.7. The molecule has 0 bridgehead atoms. The second kappa shape index (κ2) is 8.57. The van der Waals surface area contributed by atoms with Gasteiger partial charge in [-0.25, -0.2) is 0 Å². The van der Waals surface area contributed by atoms with Crippen LogP contribution in [-0.4, -0.2) is 25.2 Å². The zero-order chi connectivity index (χ0) is 12.4. The number of rotatable bonds is 9. The Bertz CT molecular complexity index is 194. The number of ether oxygens (including phenoxy) is 1. The number of esters is 1. The molecule has 3 nitrogen and oxygen atoms in total. The lowest BCUT2D eigenvalue weighted by molar-refractivity contribution is -0.150. The van der Waals surface area contributed by atoms with E-state index in [1.165, 1.54) is 25.7 Å². The summed E-state index contributed by atoms with van der Waals surface area (Å²) in [6.07, 6.45) is 6.93. The van der Waals surface area contributed by atoms with Gasteiger partial charge in [0, 0.05) is 0 Å². The SMILES string of the molecule is CCCCCCCC(C)(NC)C(=O)OCC. The van der Waals surface area contributed by atoms with E-state index in [4.69, 9.17) is 4.74 Å². The normalized spacial score (nSPS) is 14.5.